The Morgan fingerprint density at radius 1 is 1.32 bits per heavy atom. The summed E-state index contributed by atoms with van der Waals surface area (Å²) in [6.07, 6.45) is 0.794. The predicted molar refractivity (Wildman–Crippen MR) is 89.8 cm³/mol. The number of carbonyl (C=O) groups excluding carboxylic acids is 1. The van der Waals surface area contributed by atoms with Crippen molar-refractivity contribution in [2.45, 2.75) is 43.5 Å². The number of fused-ring (bicyclic) bond motifs is 1. The molecule has 25 heavy (non-hydrogen) atoms. The van der Waals surface area contributed by atoms with E-state index in [0.29, 0.717) is 11.8 Å². The van der Waals surface area contributed by atoms with Gasteiger partial charge in [-0.25, -0.2) is 14.8 Å². The van der Waals surface area contributed by atoms with Crippen LogP contribution >= 0.6 is 0 Å². The number of nitrogens with zero attached hydrogens (tertiary/aromatic N) is 1. The fraction of sp³-hybridized carbons (Fsp3) is 0.938. The van der Waals surface area contributed by atoms with Crippen LogP contribution in [0.2, 0.25) is 0 Å². The van der Waals surface area contributed by atoms with Gasteiger partial charge in [-0.2, -0.15) is 0 Å². The van der Waals surface area contributed by atoms with E-state index in [1.165, 1.54) is 12.8 Å². The highest BCUT2D eigenvalue weighted by Crippen LogP contribution is 2.42. The molecule has 0 aromatic carbocycles. The molecule has 9 heteroatoms. The second kappa shape index (κ2) is 7.05. The molecule has 4 aliphatic rings. The van der Waals surface area contributed by atoms with Gasteiger partial charge in [-0.15, -0.1) is 0 Å². The van der Waals surface area contributed by atoms with Crippen LogP contribution < -0.4 is 27.1 Å². The number of nitrogens with two attached hydrogens (primary N) is 1. The van der Waals surface area contributed by atoms with Gasteiger partial charge >= 0.3 is 0 Å². The predicted octanol–water partition coefficient (Wildman–Crippen LogP) is -1.90. The van der Waals surface area contributed by atoms with Gasteiger partial charge in [0.05, 0.1) is 24.4 Å². The van der Waals surface area contributed by atoms with Crippen molar-refractivity contribution in [1.29, 1.82) is 0 Å². The molecule has 7 unspecified atom stereocenters. The van der Waals surface area contributed by atoms with Crippen molar-refractivity contribution in [2.24, 2.45) is 23.5 Å². The molecule has 4 fully saturated rings. The summed E-state index contributed by atoms with van der Waals surface area (Å²) in [6, 6.07) is 0.0393. The van der Waals surface area contributed by atoms with Gasteiger partial charge in [0.2, 0.25) is 5.91 Å². The average molecular weight is 356 g/mol. The zero-order valence-electron chi connectivity index (χ0n) is 14.6. The number of carbonyl (C=O) groups is 1. The Kier molecular flexibility index (Phi) is 4.96. The summed E-state index contributed by atoms with van der Waals surface area (Å²) >= 11 is 0. The topological polar surface area (TPSA) is 104 Å². The van der Waals surface area contributed by atoms with E-state index >= 15 is 0 Å². The van der Waals surface area contributed by atoms with E-state index in [0.717, 1.165) is 13.1 Å². The second-order valence-corrected chi connectivity index (χ2v) is 7.75. The lowest BCUT2D eigenvalue weighted by Crippen LogP contribution is -2.62. The van der Waals surface area contributed by atoms with Crippen LogP contribution in [0.5, 0.6) is 0 Å². The summed E-state index contributed by atoms with van der Waals surface area (Å²) in [5.41, 5.74) is 9.16. The molecule has 0 bridgehead atoms. The number of ether oxygens (including phenoxy) is 1. The third-order valence-electron chi connectivity index (χ3n) is 6.02. The van der Waals surface area contributed by atoms with Gasteiger partial charge in [0, 0.05) is 45.2 Å². The Morgan fingerprint density at radius 2 is 2.12 bits per heavy atom. The minimum Gasteiger partial charge on any atom is -0.380 e. The van der Waals surface area contributed by atoms with Crippen LogP contribution in [0.15, 0.2) is 0 Å². The van der Waals surface area contributed by atoms with Crippen molar-refractivity contribution in [3.05, 3.63) is 0 Å². The first-order valence-electron chi connectivity index (χ1n) is 9.28. The number of rotatable bonds is 4. The van der Waals surface area contributed by atoms with E-state index in [1.54, 1.807) is 12.1 Å². The highest BCUT2D eigenvalue weighted by molar-refractivity contribution is 5.80. The summed E-state index contributed by atoms with van der Waals surface area (Å²) in [6.45, 7) is 2.07. The first kappa shape index (κ1) is 17.6. The largest absolute Gasteiger partial charge is 0.380 e. The quantitative estimate of drug-likeness (QED) is 0.401. The summed E-state index contributed by atoms with van der Waals surface area (Å²) < 4.78 is 19.2. The Balaban J connectivity index is 1.43. The maximum absolute atomic E-state index is 13.6. The number of alkyl halides is 1. The van der Waals surface area contributed by atoms with E-state index in [4.69, 9.17) is 10.5 Å². The van der Waals surface area contributed by atoms with E-state index < -0.39 is 18.3 Å². The van der Waals surface area contributed by atoms with Gasteiger partial charge in [-0.05, 0) is 18.8 Å². The molecule has 3 aliphatic heterocycles. The van der Waals surface area contributed by atoms with Gasteiger partial charge in [0.1, 0.15) is 6.17 Å². The molecule has 0 spiro atoms. The van der Waals surface area contributed by atoms with Crippen molar-refractivity contribution in [2.75, 3.05) is 33.3 Å². The molecule has 8 nitrogen and oxygen atoms in total. The first-order chi connectivity index (χ1) is 12.1. The van der Waals surface area contributed by atoms with Crippen LogP contribution in [0.4, 0.5) is 4.39 Å². The van der Waals surface area contributed by atoms with Crippen LogP contribution in [-0.4, -0.2) is 74.9 Å². The van der Waals surface area contributed by atoms with E-state index in [1.807, 2.05) is 0 Å². The number of hydrogen-bond acceptors (Lipinski definition) is 7. The fourth-order valence-electron chi connectivity index (χ4n) is 4.67. The van der Waals surface area contributed by atoms with Gasteiger partial charge in [-0.1, -0.05) is 0 Å². The summed E-state index contributed by atoms with van der Waals surface area (Å²) in [5, 5.41) is 11.4. The maximum atomic E-state index is 13.6. The van der Waals surface area contributed by atoms with Gasteiger partial charge in [0.15, 0.2) is 0 Å². The molecule has 6 N–H and O–H groups in total. The first-order valence-corrected chi connectivity index (χ1v) is 9.28. The second-order valence-electron chi connectivity index (χ2n) is 7.75. The average Bonchev–Trinajstić information content (AvgIpc) is 3.36. The Morgan fingerprint density at radius 3 is 2.84 bits per heavy atom. The Hall–Kier alpha value is -0.840. The molecule has 1 saturated carbocycles. The smallest absolute Gasteiger partial charge is 0.229 e. The fourth-order valence-corrected chi connectivity index (χ4v) is 4.67. The molecular weight excluding hydrogens is 327 g/mol. The van der Waals surface area contributed by atoms with E-state index in [2.05, 4.69) is 21.4 Å². The van der Waals surface area contributed by atoms with Crippen molar-refractivity contribution >= 4 is 5.91 Å². The normalized spacial score (nSPS) is 45.2. The molecule has 1 aliphatic carbocycles. The highest BCUT2D eigenvalue weighted by Gasteiger charge is 2.49. The molecule has 3 heterocycles. The number of piperidine rings is 1. The monoisotopic (exact) mass is 356 g/mol. The van der Waals surface area contributed by atoms with Crippen LogP contribution in [0.25, 0.3) is 0 Å². The third kappa shape index (κ3) is 3.41. The molecule has 0 aromatic rings. The molecular formula is C16H29FN6O2. The molecule has 7 atom stereocenters. The van der Waals surface area contributed by atoms with Crippen LogP contribution in [-0.2, 0) is 9.53 Å². The number of halogens is 1. The third-order valence-corrected chi connectivity index (χ3v) is 6.02. The lowest BCUT2D eigenvalue weighted by atomic mass is 9.85. The molecule has 142 valence electrons. The van der Waals surface area contributed by atoms with Crippen molar-refractivity contribution in [3.8, 4) is 0 Å². The highest BCUT2D eigenvalue weighted by atomic mass is 19.1. The van der Waals surface area contributed by atoms with Crippen LogP contribution in [0.3, 0.4) is 0 Å². The minimum atomic E-state index is -0.956. The Bertz CT molecular complexity index is 507. The minimum absolute atomic E-state index is 0.0393. The van der Waals surface area contributed by atoms with Crippen molar-refractivity contribution in [1.82, 2.24) is 26.4 Å². The number of hydrogen-bond donors (Lipinski definition) is 5. The van der Waals surface area contributed by atoms with E-state index in [-0.39, 0.29) is 37.3 Å². The number of nitrogens with one attached hydrogen (secondary N) is 4. The molecule has 3 saturated heterocycles. The maximum Gasteiger partial charge on any atom is 0.229 e. The molecule has 4 rings (SSSR count). The summed E-state index contributed by atoms with van der Waals surface area (Å²) in [5.74, 6) is 0.442. The van der Waals surface area contributed by atoms with Crippen LogP contribution in [0, 0.1) is 17.8 Å². The van der Waals surface area contributed by atoms with Gasteiger partial charge < -0.3 is 21.1 Å². The van der Waals surface area contributed by atoms with Crippen molar-refractivity contribution < 1.29 is 13.9 Å². The number of hydrazine groups is 1. The molecule has 1 amide bonds. The number of methoxy groups -OCH3 is 1. The number of amides is 1. The van der Waals surface area contributed by atoms with E-state index in [9.17, 15) is 9.18 Å². The SMILES string of the molecule is COC1CNCC(NC(=O)C2C(N)NN3CC(F)CNC23)C1C1CC1. The lowest BCUT2D eigenvalue weighted by molar-refractivity contribution is -0.128. The zero-order valence-corrected chi connectivity index (χ0v) is 14.6. The van der Waals surface area contributed by atoms with Crippen LogP contribution in [0.1, 0.15) is 12.8 Å². The van der Waals surface area contributed by atoms with Gasteiger partial charge in [0.25, 0.3) is 0 Å². The zero-order chi connectivity index (χ0) is 17.6. The lowest BCUT2D eigenvalue weighted by Gasteiger charge is -2.39. The molecule has 0 aromatic heterocycles. The van der Waals surface area contributed by atoms with Gasteiger partial charge in [-0.3, -0.25) is 10.1 Å². The Labute approximate surface area is 147 Å². The standard InChI is InChI=1S/C16H29FN6O2/c1-25-11-6-19-5-10(12(11)8-2-3-8)21-16(24)13-14(18)22-23-7-9(17)4-20-15(13)23/h8-15,19-20,22H,2-7,18H2,1H3,(H,21,24). The van der Waals surface area contributed by atoms with Crippen molar-refractivity contribution in [3.63, 3.8) is 0 Å². The summed E-state index contributed by atoms with van der Waals surface area (Å²) in [7, 11) is 1.74. The molecule has 0 radical (unpaired) electrons. The summed E-state index contributed by atoms with van der Waals surface area (Å²) in [4.78, 5) is 13.0.